The predicted molar refractivity (Wildman–Crippen MR) is 106 cm³/mol. The van der Waals surface area contributed by atoms with Crippen molar-refractivity contribution < 1.29 is 0 Å². The van der Waals surface area contributed by atoms with Crippen molar-refractivity contribution in [3.05, 3.63) is 65.8 Å². The van der Waals surface area contributed by atoms with E-state index in [4.69, 9.17) is 15.1 Å². The third kappa shape index (κ3) is 3.01. The quantitative estimate of drug-likeness (QED) is 0.551. The van der Waals surface area contributed by atoms with Crippen molar-refractivity contribution in [1.29, 1.82) is 0 Å². The lowest BCUT2D eigenvalue weighted by molar-refractivity contribution is 0.544. The Morgan fingerprint density at radius 2 is 1.70 bits per heavy atom. The van der Waals surface area contributed by atoms with Crippen LogP contribution in [0.5, 0.6) is 0 Å². The fourth-order valence-corrected chi connectivity index (χ4v) is 3.40. The van der Waals surface area contributed by atoms with E-state index in [0.717, 1.165) is 39.9 Å². The number of hydrogen-bond donors (Lipinski definition) is 0. The highest BCUT2D eigenvalue weighted by atomic mass is 15.3. The minimum absolute atomic E-state index is 0.133. The van der Waals surface area contributed by atoms with Crippen LogP contribution >= 0.6 is 0 Å². The standard InChI is InChI=1S/C21H24N6/c1-13-11-22-16(4)21-24-19(25-27(13)21)14(2)15(3)20-23-18(12-26(20)5)17-9-7-6-8-10-17/h6-12,14-15H,1-5H3/t14-,15+/m0/s1. The second-order valence-electron chi connectivity index (χ2n) is 7.23. The first-order valence-corrected chi connectivity index (χ1v) is 9.23. The highest BCUT2D eigenvalue weighted by molar-refractivity contribution is 5.58. The van der Waals surface area contributed by atoms with E-state index in [1.165, 1.54) is 0 Å². The van der Waals surface area contributed by atoms with Crippen molar-refractivity contribution >= 4 is 5.65 Å². The van der Waals surface area contributed by atoms with Gasteiger partial charge in [0.15, 0.2) is 11.5 Å². The lowest BCUT2D eigenvalue weighted by Crippen LogP contribution is -2.11. The zero-order valence-corrected chi connectivity index (χ0v) is 16.4. The van der Waals surface area contributed by atoms with Gasteiger partial charge in [0.2, 0.25) is 0 Å². The molecule has 0 aliphatic heterocycles. The summed E-state index contributed by atoms with van der Waals surface area (Å²) in [6, 6.07) is 10.3. The Morgan fingerprint density at radius 1 is 0.963 bits per heavy atom. The van der Waals surface area contributed by atoms with Gasteiger partial charge in [-0.25, -0.2) is 14.5 Å². The normalized spacial score (nSPS) is 13.8. The molecule has 0 amide bonds. The minimum Gasteiger partial charge on any atom is -0.337 e. The molecule has 0 N–H and O–H groups in total. The molecular weight excluding hydrogens is 336 g/mol. The Hall–Kier alpha value is -3.02. The van der Waals surface area contributed by atoms with Crippen molar-refractivity contribution in [2.45, 2.75) is 39.5 Å². The second-order valence-corrected chi connectivity index (χ2v) is 7.23. The molecule has 4 aromatic rings. The van der Waals surface area contributed by atoms with E-state index in [1.54, 1.807) is 0 Å². The number of aromatic nitrogens is 6. The number of fused-ring (bicyclic) bond motifs is 1. The van der Waals surface area contributed by atoms with E-state index >= 15 is 0 Å². The van der Waals surface area contributed by atoms with E-state index < -0.39 is 0 Å². The van der Waals surface area contributed by atoms with Crippen molar-refractivity contribution in [2.24, 2.45) is 7.05 Å². The number of aryl methyl sites for hydroxylation is 3. The summed E-state index contributed by atoms with van der Waals surface area (Å²) >= 11 is 0. The highest BCUT2D eigenvalue weighted by Gasteiger charge is 2.25. The van der Waals surface area contributed by atoms with Crippen molar-refractivity contribution in [2.75, 3.05) is 0 Å². The van der Waals surface area contributed by atoms with Crippen molar-refractivity contribution in [3.63, 3.8) is 0 Å². The van der Waals surface area contributed by atoms with E-state index in [-0.39, 0.29) is 11.8 Å². The molecule has 3 aromatic heterocycles. The Kier molecular flexibility index (Phi) is 4.26. The number of hydrogen-bond acceptors (Lipinski definition) is 4. The maximum atomic E-state index is 4.90. The molecular formula is C21H24N6. The molecule has 0 saturated heterocycles. The summed E-state index contributed by atoms with van der Waals surface area (Å²) in [5.74, 6) is 2.17. The summed E-state index contributed by atoms with van der Waals surface area (Å²) in [6.45, 7) is 8.31. The topological polar surface area (TPSA) is 60.9 Å². The third-order valence-electron chi connectivity index (χ3n) is 5.27. The van der Waals surface area contributed by atoms with Crippen LogP contribution in [0.2, 0.25) is 0 Å². The lowest BCUT2D eigenvalue weighted by Gasteiger charge is -2.16. The molecule has 0 spiro atoms. The van der Waals surface area contributed by atoms with E-state index in [0.29, 0.717) is 0 Å². The molecule has 4 rings (SSSR count). The molecule has 0 saturated carbocycles. The van der Waals surface area contributed by atoms with Crippen LogP contribution < -0.4 is 0 Å². The van der Waals surface area contributed by atoms with Gasteiger partial charge in [-0.3, -0.25) is 4.98 Å². The van der Waals surface area contributed by atoms with Crippen LogP contribution in [-0.4, -0.2) is 29.1 Å². The molecule has 0 unspecified atom stereocenters. The highest BCUT2D eigenvalue weighted by Crippen LogP contribution is 2.32. The molecule has 6 heteroatoms. The largest absolute Gasteiger partial charge is 0.337 e. The van der Waals surface area contributed by atoms with Crippen LogP contribution in [-0.2, 0) is 7.05 Å². The van der Waals surface area contributed by atoms with Gasteiger partial charge in [-0.2, -0.15) is 5.10 Å². The maximum Gasteiger partial charge on any atom is 0.177 e. The zero-order valence-electron chi connectivity index (χ0n) is 16.4. The molecule has 27 heavy (non-hydrogen) atoms. The average Bonchev–Trinajstić information content (AvgIpc) is 3.29. The molecule has 2 atom stereocenters. The molecule has 1 aromatic carbocycles. The summed E-state index contributed by atoms with van der Waals surface area (Å²) in [6.07, 6.45) is 3.92. The van der Waals surface area contributed by atoms with Crippen LogP contribution in [0.25, 0.3) is 16.9 Å². The molecule has 6 nitrogen and oxygen atoms in total. The van der Waals surface area contributed by atoms with E-state index in [9.17, 15) is 0 Å². The smallest absolute Gasteiger partial charge is 0.177 e. The van der Waals surface area contributed by atoms with E-state index in [1.807, 2.05) is 49.8 Å². The fraction of sp³-hybridized carbons (Fsp3) is 0.333. The summed E-state index contributed by atoms with van der Waals surface area (Å²) in [7, 11) is 2.05. The summed E-state index contributed by atoms with van der Waals surface area (Å²) < 4.78 is 3.99. The van der Waals surface area contributed by atoms with Gasteiger partial charge < -0.3 is 4.57 Å². The monoisotopic (exact) mass is 360 g/mol. The first-order chi connectivity index (χ1) is 13.0. The van der Waals surface area contributed by atoms with Crippen LogP contribution in [0.15, 0.2) is 42.7 Å². The number of benzene rings is 1. The summed E-state index contributed by atoms with van der Waals surface area (Å²) in [4.78, 5) is 14.1. The predicted octanol–water partition coefficient (Wildman–Crippen LogP) is 4.05. The van der Waals surface area contributed by atoms with Gasteiger partial charge in [-0.1, -0.05) is 44.2 Å². The first kappa shape index (κ1) is 17.4. The Balaban J connectivity index is 1.69. The Morgan fingerprint density at radius 3 is 2.41 bits per heavy atom. The molecule has 0 radical (unpaired) electrons. The Bertz CT molecular complexity index is 1050. The average molecular weight is 360 g/mol. The third-order valence-corrected chi connectivity index (χ3v) is 5.27. The van der Waals surface area contributed by atoms with E-state index in [2.05, 4.69) is 41.7 Å². The second kappa shape index (κ2) is 6.61. The van der Waals surface area contributed by atoms with Crippen molar-refractivity contribution in [3.8, 4) is 11.3 Å². The van der Waals surface area contributed by atoms with Gasteiger partial charge in [-0.05, 0) is 13.8 Å². The summed E-state index contributed by atoms with van der Waals surface area (Å²) in [5.41, 5.74) is 4.82. The molecule has 0 aliphatic rings. The van der Waals surface area contributed by atoms with Crippen LogP contribution in [0, 0.1) is 13.8 Å². The number of imidazole rings is 1. The molecule has 0 fully saturated rings. The molecule has 0 aliphatic carbocycles. The minimum atomic E-state index is 0.133. The Labute approximate surface area is 158 Å². The molecule has 0 bridgehead atoms. The lowest BCUT2D eigenvalue weighted by atomic mass is 9.94. The van der Waals surface area contributed by atoms with Gasteiger partial charge in [0, 0.05) is 36.8 Å². The van der Waals surface area contributed by atoms with Crippen LogP contribution in [0.1, 0.15) is 48.7 Å². The van der Waals surface area contributed by atoms with Crippen molar-refractivity contribution in [1.82, 2.24) is 29.1 Å². The summed E-state index contributed by atoms with van der Waals surface area (Å²) in [5, 5.41) is 4.74. The molecule has 3 heterocycles. The fourth-order valence-electron chi connectivity index (χ4n) is 3.40. The number of rotatable bonds is 4. The van der Waals surface area contributed by atoms with Gasteiger partial charge >= 0.3 is 0 Å². The van der Waals surface area contributed by atoms with Gasteiger partial charge in [0.05, 0.1) is 17.1 Å². The van der Waals surface area contributed by atoms with Crippen LogP contribution in [0.4, 0.5) is 0 Å². The SMILES string of the molecule is Cc1ncc(C)n2nc([C@@H](C)[C@@H](C)c3nc(-c4ccccc4)cn3C)nc12. The number of nitrogens with zero attached hydrogens (tertiary/aromatic N) is 6. The van der Waals surface area contributed by atoms with Crippen LogP contribution in [0.3, 0.4) is 0 Å². The maximum absolute atomic E-state index is 4.90. The zero-order chi connectivity index (χ0) is 19.1. The van der Waals surface area contributed by atoms with Gasteiger partial charge in [0.25, 0.3) is 0 Å². The first-order valence-electron chi connectivity index (χ1n) is 9.23. The van der Waals surface area contributed by atoms with Gasteiger partial charge in [-0.15, -0.1) is 0 Å². The van der Waals surface area contributed by atoms with Gasteiger partial charge in [0.1, 0.15) is 5.82 Å². The molecule has 138 valence electrons.